The monoisotopic (exact) mass is 302 g/mol. The number of rotatable bonds is 4. The molecule has 0 radical (unpaired) electrons. The van der Waals surface area contributed by atoms with Crippen molar-refractivity contribution in [2.75, 3.05) is 0 Å². The third-order valence-corrected chi connectivity index (χ3v) is 4.67. The zero-order valence-corrected chi connectivity index (χ0v) is 11.5. The number of thiophene rings is 1. The van der Waals surface area contributed by atoms with Crippen LogP contribution in [0.15, 0.2) is 27.6 Å². The van der Waals surface area contributed by atoms with Gasteiger partial charge in [0, 0.05) is 28.5 Å². The molecule has 0 aliphatic rings. The summed E-state index contributed by atoms with van der Waals surface area (Å²) in [6, 6.07) is 4.60. The van der Waals surface area contributed by atoms with Crippen LogP contribution in [-0.2, 0) is 6.54 Å². The van der Waals surface area contributed by atoms with Crippen molar-refractivity contribution in [1.82, 2.24) is 10.3 Å². The standard InChI is InChI=1S/C10H11BrN2S2/c1-7(9-5-12-6-14-9)13-4-8-2-3-10(11)15-8/h2-3,5-7,13H,4H2,1H3. The van der Waals surface area contributed by atoms with Crippen molar-refractivity contribution in [2.45, 2.75) is 19.5 Å². The molecule has 15 heavy (non-hydrogen) atoms. The van der Waals surface area contributed by atoms with Gasteiger partial charge in [0.05, 0.1) is 9.30 Å². The molecule has 1 N–H and O–H groups in total. The normalized spacial score (nSPS) is 12.9. The minimum atomic E-state index is 0.373. The first-order chi connectivity index (χ1) is 7.25. The van der Waals surface area contributed by atoms with Crippen molar-refractivity contribution in [3.63, 3.8) is 0 Å². The molecule has 0 aliphatic heterocycles. The number of nitrogens with zero attached hydrogens (tertiary/aromatic N) is 1. The SMILES string of the molecule is CC(NCc1ccc(Br)s1)c1cncs1. The molecule has 0 aromatic carbocycles. The van der Waals surface area contributed by atoms with E-state index in [9.17, 15) is 0 Å². The summed E-state index contributed by atoms with van der Waals surface area (Å²) in [7, 11) is 0. The van der Waals surface area contributed by atoms with E-state index >= 15 is 0 Å². The Morgan fingerprint density at radius 1 is 1.53 bits per heavy atom. The van der Waals surface area contributed by atoms with Gasteiger partial charge in [0.25, 0.3) is 0 Å². The quantitative estimate of drug-likeness (QED) is 0.929. The molecule has 0 saturated heterocycles. The van der Waals surface area contributed by atoms with Crippen molar-refractivity contribution in [2.24, 2.45) is 0 Å². The Balaban J connectivity index is 1.88. The second kappa shape index (κ2) is 5.21. The predicted molar refractivity (Wildman–Crippen MR) is 69.4 cm³/mol. The van der Waals surface area contributed by atoms with Gasteiger partial charge in [-0.05, 0) is 35.0 Å². The van der Waals surface area contributed by atoms with Gasteiger partial charge in [-0.25, -0.2) is 0 Å². The Morgan fingerprint density at radius 3 is 3.00 bits per heavy atom. The summed E-state index contributed by atoms with van der Waals surface area (Å²) >= 11 is 6.92. The number of halogens is 1. The van der Waals surface area contributed by atoms with E-state index < -0.39 is 0 Å². The Morgan fingerprint density at radius 2 is 2.40 bits per heavy atom. The molecule has 2 rings (SSSR count). The molecule has 0 spiro atoms. The molecule has 2 aromatic heterocycles. The van der Waals surface area contributed by atoms with Crippen molar-refractivity contribution >= 4 is 38.6 Å². The highest BCUT2D eigenvalue weighted by Gasteiger charge is 2.06. The lowest BCUT2D eigenvalue weighted by atomic mass is 10.3. The first-order valence-electron chi connectivity index (χ1n) is 4.61. The molecule has 0 bridgehead atoms. The highest BCUT2D eigenvalue weighted by Crippen LogP contribution is 2.23. The minimum Gasteiger partial charge on any atom is -0.304 e. The molecule has 0 fully saturated rings. The number of thiazole rings is 1. The Kier molecular flexibility index (Phi) is 3.91. The lowest BCUT2D eigenvalue weighted by Crippen LogP contribution is -2.16. The zero-order valence-electron chi connectivity index (χ0n) is 8.24. The van der Waals surface area contributed by atoms with E-state index in [0.717, 1.165) is 6.54 Å². The van der Waals surface area contributed by atoms with Crippen molar-refractivity contribution in [3.05, 3.63) is 37.4 Å². The van der Waals surface area contributed by atoms with Crippen LogP contribution in [0.5, 0.6) is 0 Å². The van der Waals surface area contributed by atoms with Crippen LogP contribution in [0.4, 0.5) is 0 Å². The van der Waals surface area contributed by atoms with Crippen LogP contribution in [-0.4, -0.2) is 4.98 Å². The summed E-state index contributed by atoms with van der Waals surface area (Å²) in [5.41, 5.74) is 1.87. The van der Waals surface area contributed by atoms with Gasteiger partial charge in [-0.1, -0.05) is 0 Å². The van der Waals surface area contributed by atoms with Crippen molar-refractivity contribution in [1.29, 1.82) is 0 Å². The summed E-state index contributed by atoms with van der Waals surface area (Å²) < 4.78 is 1.18. The first kappa shape index (κ1) is 11.3. The third kappa shape index (κ3) is 3.11. The highest BCUT2D eigenvalue weighted by molar-refractivity contribution is 9.11. The largest absolute Gasteiger partial charge is 0.304 e. The van der Waals surface area contributed by atoms with Crippen molar-refractivity contribution < 1.29 is 0 Å². The molecule has 5 heteroatoms. The van der Waals surface area contributed by atoms with E-state index in [-0.39, 0.29) is 0 Å². The van der Waals surface area contributed by atoms with Gasteiger partial charge in [0.2, 0.25) is 0 Å². The number of aromatic nitrogens is 1. The molecule has 0 amide bonds. The Hall–Kier alpha value is -0.230. The lowest BCUT2D eigenvalue weighted by molar-refractivity contribution is 0.586. The van der Waals surface area contributed by atoms with Crippen LogP contribution in [0.25, 0.3) is 0 Å². The number of hydrogen-bond donors (Lipinski definition) is 1. The van der Waals surface area contributed by atoms with E-state index in [1.807, 2.05) is 11.7 Å². The van der Waals surface area contributed by atoms with E-state index in [1.54, 1.807) is 22.7 Å². The predicted octanol–water partition coefficient (Wildman–Crippen LogP) is 3.82. The average molecular weight is 303 g/mol. The maximum absolute atomic E-state index is 4.08. The topological polar surface area (TPSA) is 24.9 Å². The highest BCUT2D eigenvalue weighted by atomic mass is 79.9. The maximum atomic E-state index is 4.08. The summed E-state index contributed by atoms with van der Waals surface area (Å²) in [6.07, 6.45) is 1.92. The Bertz CT molecular complexity index is 411. The van der Waals surface area contributed by atoms with Crippen LogP contribution >= 0.6 is 38.6 Å². The average Bonchev–Trinajstić information content (AvgIpc) is 2.84. The van der Waals surface area contributed by atoms with Crippen LogP contribution < -0.4 is 5.32 Å². The summed E-state index contributed by atoms with van der Waals surface area (Å²) in [5.74, 6) is 0. The molecule has 2 aromatic rings. The third-order valence-electron chi connectivity index (χ3n) is 2.09. The molecule has 2 nitrogen and oxygen atoms in total. The fourth-order valence-corrected chi connectivity index (χ4v) is 3.33. The van der Waals surface area contributed by atoms with Gasteiger partial charge in [-0.2, -0.15) is 0 Å². The van der Waals surface area contributed by atoms with Crippen LogP contribution in [0.3, 0.4) is 0 Å². The molecule has 1 atom stereocenters. The fourth-order valence-electron chi connectivity index (χ4n) is 1.24. The van der Waals surface area contributed by atoms with E-state index in [0.29, 0.717) is 6.04 Å². The van der Waals surface area contributed by atoms with Crippen LogP contribution in [0.2, 0.25) is 0 Å². The molecule has 80 valence electrons. The summed E-state index contributed by atoms with van der Waals surface area (Å²) in [6.45, 7) is 3.07. The van der Waals surface area contributed by atoms with E-state index in [4.69, 9.17) is 0 Å². The number of hydrogen-bond acceptors (Lipinski definition) is 4. The molecule has 0 aliphatic carbocycles. The smallest absolute Gasteiger partial charge is 0.0794 e. The van der Waals surface area contributed by atoms with E-state index in [1.165, 1.54) is 13.5 Å². The minimum absolute atomic E-state index is 0.373. The van der Waals surface area contributed by atoms with Gasteiger partial charge >= 0.3 is 0 Å². The van der Waals surface area contributed by atoms with Crippen molar-refractivity contribution in [3.8, 4) is 0 Å². The molecular formula is C10H11BrN2S2. The second-order valence-electron chi connectivity index (χ2n) is 3.21. The summed E-state index contributed by atoms with van der Waals surface area (Å²) in [5, 5.41) is 3.47. The van der Waals surface area contributed by atoms with Gasteiger partial charge in [0.1, 0.15) is 0 Å². The fraction of sp³-hybridized carbons (Fsp3) is 0.300. The van der Waals surface area contributed by atoms with Crippen LogP contribution in [0, 0.1) is 0 Å². The summed E-state index contributed by atoms with van der Waals surface area (Å²) in [4.78, 5) is 6.70. The van der Waals surface area contributed by atoms with E-state index in [2.05, 4.69) is 45.3 Å². The maximum Gasteiger partial charge on any atom is 0.0794 e. The van der Waals surface area contributed by atoms with Gasteiger partial charge in [0.15, 0.2) is 0 Å². The Labute approximate surface area is 106 Å². The number of nitrogens with one attached hydrogen (secondary N) is 1. The second-order valence-corrected chi connectivity index (χ2v) is 6.68. The zero-order chi connectivity index (χ0) is 10.7. The van der Waals surface area contributed by atoms with Gasteiger partial charge in [-0.3, -0.25) is 4.98 Å². The molecule has 0 saturated carbocycles. The molecule has 2 heterocycles. The molecular weight excluding hydrogens is 292 g/mol. The van der Waals surface area contributed by atoms with Crippen LogP contribution in [0.1, 0.15) is 22.7 Å². The lowest BCUT2D eigenvalue weighted by Gasteiger charge is -2.09. The van der Waals surface area contributed by atoms with Gasteiger partial charge < -0.3 is 5.32 Å². The van der Waals surface area contributed by atoms with Gasteiger partial charge in [-0.15, -0.1) is 22.7 Å². The first-order valence-corrected chi connectivity index (χ1v) is 7.10. The molecule has 1 unspecified atom stereocenters.